The summed E-state index contributed by atoms with van der Waals surface area (Å²) >= 11 is 0. The van der Waals surface area contributed by atoms with Gasteiger partial charge in [-0.3, -0.25) is 0 Å². The third-order valence-corrected chi connectivity index (χ3v) is 4.19. The first-order chi connectivity index (χ1) is 10.2. The first kappa shape index (κ1) is 16.3. The van der Waals surface area contributed by atoms with Gasteiger partial charge in [-0.15, -0.1) is 0 Å². The van der Waals surface area contributed by atoms with E-state index in [1.54, 1.807) is 11.8 Å². The summed E-state index contributed by atoms with van der Waals surface area (Å²) in [5.41, 5.74) is 2.17. The number of aryl methyl sites for hydroxylation is 2. The molecule has 1 aromatic rings. The molecule has 0 atom stereocenters. The van der Waals surface area contributed by atoms with Crippen LogP contribution in [0.25, 0.3) is 0 Å². The molecule has 0 aliphatic heterocycles. The monoisotopic (exact) mass is 295 g/mol. The normalized spacial score (nSPS) is 16.3. The van der Waals surface area contributed by atoms with Crippen molar-refractivity contribution in [2.45, 2.75) is 58.1 Å². The minimum absolute atomic E-state index is 0.513. The van der Waals surface area contributed by atoms with E-state index in [4.69, 9.17) is 9.47 Å². The average Bonchev–Trinajstić information content (AvgIpc) is 2.77. The van der Waals surface area contributed by atoms with Gasteiger partial charge >= 0.3 is 0 Å². The Morgan fingerprint density at radius 1 is 1.29 bits per heavy atom. The van der Waals surface area contributed by atoms with E-state index < -0.39 is 0 Å². The van der Waals surface area contributed by atoms with Crippen LogP contribution in [-0.4, -0.2) is 36.1 Å². The zero-order valence-corrected chi connectivity index (χ0v) is 13.7. The number of ether oxygens (including phenoxy) is 2. The minimum atomic E-state index is 0.513. The second-order valence-corrected chi connectivity index (χ2v) is 5.86. The lowest BCUT2D eigenvalue weighted by atomic mass is 9.98. The molecule has 0 radical (unpaired) electrons. The molecule has 0 spiro atoms. The number of nitrogens with zero attached hydrogens (tertiary/aromatic N) is 2. The summed E-state index contributed by atoms with van der Waals surface area (Å²) in [7, 11) is 3.60. The molecule has 1 saturated carbocycles. The van der Waals surface area contributed by atoms with Crippen LogP contribution in [-0.2, 0) is 18.3 Å². The van der Waals surface area contributed by atoms with Gasteiger partial charge < -0.3 is 14.8 Å². The molecule has 21 heavy (non-hydrogen) atoms. The Hall–Kier alpha value is -1.07. The molecule has 0 aromatic carbocycles. The van der Waals surface area contributed by atoms with Crippen molar-refractivity contribution in [2.24, 2.45) is 7.05 Å². The SMILES string of the molecule is COc1c(CNCCCOC2CCCCC2)c(C)nn1C. The fourth-order valence-corrected chi connectivity index (χ4v) is 3.03. The predicted molar refractivity (Wildman–Crippen MR) is 83.6 cm³/mol. The van der Waals surface area contributed by atoms with Gasteiger partial charge in [-0.25, -0.2) is 4.68 Å². The van der Waals surface area contributed by atoms with Crippen LogP contribution in [0.3, 0.4) is 0 Å². The van der Waals surface area contributed by atoms with Crippen molar-refractivity contribution >= 4 is 0 Å². The molecule has 0 amide bonds. The van der Waals surface area contributed by atoms with Crippen LogP contribution < -0.4 is 10.1 Å². The Morgan fingerprint density at radius 2 is 2.05 bits per heavy atom. The molecule has 5 nitrogen and oxygen atoms in total. The van der Waals surface area contributed by atoms with E-state index in [1.807, 2.05) is 14.0 Å². The first-order valence-electron chi connectivity index (χ1n) is 8.11. The van der Waals surface area contributed by atoms with Gasteiger partial charge in [0.2, 0.25) is 5.88 Å². The minimum Gasteiger partial charge on any atom is -0.481 e. The van der Waals surface area contributed by atoms with Gasteiger partial charge in [-0.2, -0.15) is 5.10 Å². The lowest BCUT2D eigenvalue weighted by Crippen LogP contribution is -2.21. The summed E-state index contributed by atoms with van der Waals surface area (Å²) in [6.45, 7) is 4.64. The number of hydrogen-bond acceptors (Lipinski definition) is 4. The molecule has 2 rings (SSSR count). The molecule has 1 aliphatic carbocycles. The topological polar surface area (TPSA) is 48.3 Å². The summed E-state index contributed by atoms with van der Waals surface area (Å²) in [6, 6.07) is 0. The smallest absolute Gasteiger partial charge is 0.216 e. The zero-order valence-electron chi connectivity index (χ0n) is 13.7. The van der Waals surface area contributed by atoms with Gasteiger partial charge in [0.05, 0.1) is 24.5 Å². The van der Waals surface area contributed by atoms with Crippen LogP contribution in [0.1, 0.15) is 49.8 Å². The van der Waals surface area contributed by atoms with E-state index in [0.717, 1.165) is 43.3 Å². The van der Waals surface area contributed by atoms with Gasteiger partial charge in [0.1, 0.15) is 0 Å². The molecule has 1 fully saturated rings. The fraction of sp³-hybridized carbons (Fsp3) is 0.812. The Morgan fingerprint density at radius 3 is 2.76 bits per heavy atom. The molecule has 0 bridgehead atoms. The third-order valence-electron chi connectivity index (χ3n) is 4.19. The van der Waals surface area contributed by atoms with Gasteiger partial charge in [0, 0.05) is 20.2 Å². The van der Waals surface area contributed by atoms with Crippen LogP contribution in [0.5, 0.6) is 5.88 Å². The quantitative estimate of drug-likeness (QED) is 0.749. The summed E-state index contributed by atoms with van der Waals surface area (Å²) in [5.74, 6) is 0.846. The molecule has 1 aliphatic rings. The van der Waals surface area contributed by atoms with Crippen LogP contribution in [0, 0.1) is 6.92 Å². The van der Waals surface area contributed by atoms with E-state index in [9.17, 15) is 0 Å². The molecular weight excluding hydrogens is 266 g/mol. The maximum atomic E-state index is 5.93. The number of rotatable bonds is 8. The molecular formula is C16H29N3O2. The maximum Gasteiger partial charge on any atom is 0.216 e. The number of nitrogens with one attached hydrogen (secondary N) is 1. The molecule has 5 heteroatoms. The Labute approximate surface area is 128 Å². The molecule has 0 saturated heterocycles. The lowest BCUT2D eigenvalue weighted by Gasteiger charge is -2.21. The number of hydrogen-bond donors (Lipinski definition) is 1. The zero-order chi connectivity index (χ0) is 15.1. The van der Waals surface area contributed by atoms with Gasteiger partial charge in [0.15, 0.2) is 0 Å². The second kappa shape index (κ2) is 8.39. The number of methoxy groups -OCH3 is 1. The molecule has 1 N–H and O–H groups in total. The maximum absolute atomic E-state index is 5.93. The largest absolute Gasteiger partial charge is 0.481 e. The van der Waals surface area contributed by atoms with Crippen molar-refractivity contribution in [1.29, 1.82) is 0 Å². The summed E-state index contributed by atoms with van der Waals surface area (Å²) in [4.78, 5) is 0. The Bertz CT molecular complexity index is 425. The summed E-state index contributed by atoms with van der Waals surface area (Å²) in [6.07, 6.45) is 8.12. The van der Waals surface area contributed by atoms with Crippen molar-refractivity contribution in [3.63, 3.8) is 0 Å². The highest BCUT2D eigenvalue weighted by molar-refractivity contribution is 5.30. The summed E-state index contributed by atoms with van der Waals surface area (Å²) < 4.78 is 13.1. The van der Waals surface area contributed by atoms with Gasteiger partial charge in [-0.05, 0) is 32.7 Å². The Balaban J connectivity index is 1.61. The van der Waals surface area contributed by atoms with Crippen molar-refractivity contribution < 1.29 is 9.47 Å². The van der Waals surface area contributed by atoms with Crippen molar-refractivity contribution in [3.05, 3.63) is 11.3 Å². The highest BCUT2D eigenvalue weighted by atomic mass is 16.5. The third kappa shape index (κ3) is 4.71. The standard InChI is InChI=1S/C16H29N3O2/c1-13-15(16(20-3)19(2)18-13)12-17-10-7-11-21-14-8-5-4-6-9-14/h14,17H,4-12H2,1-3H3. The fourth-order valence-electron chi connectivity index (χ4n) is 3.03. The molecule has 1 aromatic heterocycles. The van der Waals surface area contributed by atoms with Crippen LogP contribution in [0.15, 0.2) is 0 Å². The highest BCUT2D eigenvalue weighted by Crippen LogP contribution is 2.21. The van der Waals surface area contributed by atoms with Gasteiger partial charge in [0.25, 0.3) is 0 Å². The van der Waals surface area contributed by atoms with Crippen LogP contribution >= 0.6 is 0 Å². The van der Waals surface area contributed by atoms with Crippen molar-refractivity contribution in [1.82, 2.24) is 15.1 Å². The van der Waals surface area contributed by atoms with E-state index >= 15 is 0 Å². The van der Waals surface area contributed by atoms with Crippen LogP contribution in [0.4, 0.5) is 0 Å². The summed E-state index contributed by atoms with van der Waals surface area (Å²) in [5, 5.41) is 7.84. The van der Waals surface area contributed by atoms with Gasteiger partial charge in [-0.1, -0.05) is 19.3 Å². The van der Waals surface area contributed by atoms with E-state index in [-0.39, 0.29) is 0 Å². The van der Waals surface area contributed by atoms with E-state index in [2.05, 4.69) is 10.4 Å². The lowest BCUT2D eigenvalue weighted by molar-refractivity contribution is 0.0273. The Kier molecular flexibility index (Phi) is 6.51. The number of aromatic nitrogens is 2. The van der Waals surface area contributed by atoms with Crippen LogP contribution in [0.2, 0.25) is 0 Å². The van der Waals surface area contributed by atoms with Crippen molar-refractivity contribution in [3.8, 4) is 5.88 Å². The first-order valence-corrected chi connectivity index (χ1v) is 8.11. The average molecular weight is 295 g/mol. The van der Waals surface area contributed by atoms with Crippen molar-refractivity contribution in [2.75, 3.05) is 20.3 Å². The molecule has 0 unspecified atom stereocenters. The van der Waals surface area contributed by atoms with E-state index in [1.165, 1.54) is 32.1 Å². The predicted octanol–water partition coefficient (Wildman–Crippen LogP) is 2.57. The highest BCUT2D eigenvalue weighted by Gasteiger charge is 2.14. The molecule has 1 heterocycles. The van der Waals surface area contributed by atoms with E-state index in [0.29, 0.717) is 6.10 Å². The molecule has 120 valence electrons. The second-order valence-electron chi connectivity index (χ2n) is 5.86.